The van der Waals surface area contributed by atoms with Gasteiger partial charge >= 0.3 is 5.97 Å². The molecule has 4 rings (SSSR count). The third-order valence-electron chi connectivity index (χ3n) is 4.35. The van der Waals surface area contributed by atoms with E-state index < -0.39 is 5.97 Å². The van der Waals surface area contributed by atoms with Gasteiger partial charge in [-0.3, -0.25) is 4.68 Å². The molecule has 4 heterocycles. The van der Waals surface area contributed by atoms with Gasteiger partial charge < -0.3 is 9.15 Å². The quantitative estimate of drug-likeness (QED) is 0.538. The molecule has 126 valence electrons. The van der Waals surface area contributed by atoms with Crippen LogP contribution in [0.5, 0.6) is 0 Å². The number of hydrogen-bond donors (Lipinski definition) is 0. The van der Waals surface area contributed by atoms with Crippen molar-refractivity contribution in [2.45, 2.75) is 6.92 Å². The van der Waals surface area contributed by atoms with Gasteiger partial charge in [0.15, 0.2) is 0 Å². The van der Waals surface area contributed by atoms with Crippen molar-refractivity contribution < 1.29 is 13.9 Å². The predicted octanol–water partition coefficient (Wildman–Crippen LogP) is 3.09. The molecule has 0 unspecified atom stereocenters. The Morgan fingerprint density at radius 1 is 1.20 bits per heavy atom. The van der Waals surface area contributed by atoms with Gasteiger partial charge in [-0.15, -0.1) is 0 Å². The number of carbonyl (C=O) groups excluding carboxylic acids is 1. The minimum absolute atomic E-state index is 0.384. The minimum atomic E-state index is -0.424. The topological polar surface area (TPSA) is 74.6 Å². The molecule has 0 aliphatic heterocycles. The lowest BCUT2D eigenvalue weighted by atomic mass is 10.1. The summed E-state index contributed by atoms with van der Waals surface area (Å²) in [5, 5.41) is 8.70. The zero-order valence-corrected chi connectivity index (χ0v) is 14.1. The fourth-order valence-electron chi connectivity index (χ4n) is 2.82. The maximum absolute atomic E-state index is 11.6. The molecule has 0 amide bonds. The summed E-state index contributed by atoms with van der Waals surface area (Å²) in [6.07, 6.45) is 6.92. The number of aromatic nitrogens is 4. The van der Waals surface area contributed by atoms with Crippen LogP contribution in [0, 0.1) is 6.92 Å². The molecule has 0 fully saturated rings. The Balaban J connectivity index is 1.82. The van der Waals surface area contributed by atoms with Gasteiger partial charge in [0.25, 0.3) is 0 Å². The number of hydrogen-bond acceptors (Lipinski definition) is 5. The van der Waals surface area contributed by atoms with E-state index in [-0.39, 0.29) is 0 Å². The van der Waals surface area contributed by atoms with Crippen LogP contribution in [-0.4, -0.2) is 32.5 Å². The first kappa shape index (κ1) is 15.2. The number of ether oxygens (including phenoxy) is 1. The Labute approximate surface area is 143 Å². The summed E-state index contributed by atoms with van der Waals surface area (Å²) in [6, 6.07) is 5.54. The summed E-state index contributed by atoms with van der Waals surface area (Å²) in [4.78, 5) is 11.6. The van der Waals surface area contributed by atoms with Gasteiger partial charge in [-0.2, -0.15) is 10.2 Å². The Morgan fingerprint density at radius 3 is 2.72 bits per heavy atom. The first-order valence-corrected chi connectivity index (χ1v) is 7.72. The average molecular weight is 336 g/mol. The van der Waals surface area contributed by atoms with Gasteiger partial charge in [-0.1, -0.05) is 0 Å². The number of fused-ring (bicyclic) bond motifs is 1. The Hall–Kier alpha value is -3.35. The van der Waals surface area contributed by atoms with Crippen LogP contribution >= 0.6 is 0 Å². The molecular formula is C18H16N4O3. The van der Waals surface area contributed by atoms with Crippen molar-refractivity contribution >= 4 is 11.5 Å². The number of furan rings is 1. The van der Waals surface area contributed by atoms with Crippen LogP contribution in [-0.2, 0) is 11.8 Å². The van der Waals surface area contributed by atoms with Crippen LogP contribution in [0.1, 0.15) is 16.1 Å². The average Bonchev–Trinajstić information content (AvgIpc) is 3.34. The molecule has 0 N–H and O–H groups in total. The van der Waals surface area contributed by atoms with Crippen LogP contribution in [0.3, 0.4) is 0 Å². The molecule has 0 saturated carbocycles. The minimum Gasteiger partial charge on any atom is -0.465 e. The highest BCUT2D eigenvalue weighted by Gasteiger charge is 2.15. The van der Waals surface area contributed by atoms with Crippen LogP contribution < -0.4 is 0 Å². The Kier molecular flexibility index (Phi) is 3.42. The maximum Gasteiger partial charge on any atom is 0.341 e. The molecule has 0 aliphatic carbocycles. The molecule has 0 aliphatic rings. The van der Waals surface area contributed by atoms with E-state index in [4.69, 9.17) is 9.15 Å². The van der Waals surface area contributed by atoms with Gasteiger partial charge in [0, 0.05) is 35.6 Å². The SMILES string of the molecule is COC(=O)c1coc(-c2ccn3ncc(-c4cnn(C)c4C)c3c2)c1. The van der Waals surface area contributed by atoms with Crippen molar-refractivity contribution in [1.29, 1.82) is 0 Å². The van der Waals surface area contributed by atoms with Crippen LogP contribution in [0.25, 0.3) is 28.0 Å². The Morgan fingerprint density at radius 2 is 2.00 bits per heavy atom. The van der Waals surface area contributed by atoms with Gasteiger partial charge in [-0.25, -0.2) is 9.31 Å². The Bertz CT molecular complexity index is 1090. The first-order chi connectivity index (χ1) is 12.1. The van der Waals surface area contributed by atoms with Crippen molar-refractivity contribution in [3.05, 3.63) is 54.3 Å². The second-order valence-corrected chi connectivity index (χ2v) is 5.76. The molecule has 0 aromatic carbocycles. The largest absolute Gasteiger partial charge is 0.465 e. The van der Waals surface area contributed by atoms with Crippen LogP contribution in [0.2, 0.25) is 0 Å². The lowest BCUT2D eigenvalue weighted by Crippen LogP contribution is -1.98. The number of rotatable bonds is 3. The monoisotopic (exact) mass is 336 g/mol. The fourth-order valence-corrected chi connectivity index (χ4v) is 2.82. The highest BCUT2D eigenvalue weighted by atomic mass is 16.5. The molecule has 7 nitrogen and oxygen atoms in total. The standard InChI is InChI=1S/C18H16N4O3/c1-11-14(8-19-21(11)2)15-9-20-22-5-4-12(6-16(15)22)17-7-13(10-25-17)18(23)24-3/h4-10H,1-3H3. The number of pyridine rings is 1. The molecule has 0 atom stereocenters. The van der Waals surface area contributed by atoms with Crippen molar-refractivity contribution in [2.75, 3.05) is 7.11 Å². The van der Waals surface area contributed by atoms with Gasteiger partial charge in [0.05, 0.1) is 30.6 Å². The molecular weight excluding hydrogens is 320 g/mol. The number of carbonyl (C=O) groups is 1. The van der Waals surface area contributed by atoms with Crippen molar-refractivity contribution in [1.82, 2.24) is 19.4 Å². The molecule has 0 bridgehead atoms. The summed E-state index contributed by atoms with van der Waals surface area (Å²) in [5.41, 5.74) is 5.26. The van der Waals surface area contributed by atoms with E-state index in [0.29, 0.717) is 11.3 Å². The smallest absolute Gasteiger partial charge is 0.341 e. The van der Waals surface area contributed by atoms with Crippen molar-refractivity contribution in [2.24, 2.45) is 7.05 Å². The molecule has 7 heteroatoms. The fraction of sp³-hybridized carbons (Fsp3) is 0.167. The third-order valence-corrected chi connectivity index (χ3v) is 4.35. The van der Waals surface area contributed by atoms with E-state index in [1.165, 1.54) is 13.4 Å². The third kappa shape index (κ3) is 2.40. The summed E-state index contributed by atoms with van der Waals surface area (Å²) in [7, 11) is 3.25. The van der Waals surface area contributed by atoms with Gasteiger partial charge in [-0.05, 0) is 25.1 Å². The second kappa shape index (κ2) is 5.62. The molecule has 4 aromatic rings. The summed E-state index contributed by atoms with van der Waals surface area (Å²) >= 11 is 0. The van der Waals surface area contributed by atoms with Crippen molar-refractivity contribution in [3.63, 3.8) is 0 Å². The summed E-state index contributed by atoms with van der Waals surface area (Å²) in [5.74, 6) is 0.171. The zero-order valence-electron chi connectivity index (χ0n) is 14.1. The highest BCUT2D eigenvalue weighted by molar-refractivity contribution is 5.90. The predicted molar refractivity (Wildman–Crippen MR) is 91.2 cm³/mol. The van der Waals surface area contributed by atoms with E-state index >= 15 is 0 Å². The van der Waals surface area contributed by atoms with Crippen molar-refractivity contribution in [3.8, 4) is 22.5 Å². The summed E-state index contributed by atoms with van der Waals surface area (Å²) < 4.78 is 13.9. The molecule has 0 spiro atoms. The second-order valence-electron chi connectivity index (χ2n) is 5.76. The lowest BCUT2D eigenvalue weighted by Gasteiger charge is -2.02. The van der Waals surface area contributed by atoms with Crippen LogP contribution in [0.4, 0.5) is 0 Å². The molecule has 0 saturated heterocycles. The number of esters is 1. The van der Waals surface area contributed by atoms with Gasteiger partial charge in [0.2, 0.25) is 0 Å². The first-order valence-electron chi connectivity index (χ1n) is 7.72. The lowest BCUT2D eigenvalue weighted by molar-refractivity contribution is 0.0600. The molecule has 4 aromatic heterocycles. The van der Waals surface area contributed by atoms with E-state index in [1.807, 2.05) is 49.4 Å². The van der Waals surface area contributed by atoms with E-state index in [2.05, 4.69) is 10.2 Å². The molecule has 25 heavy (non-hydrogen) atoms. The van der Waals surface area contributed by atoms with E-state index in [9.17, 15) is 4.79 Å². The zero-order chi connectivity index (χ0) is 17.6. The normalized spacial score (nSPS) is 11.2. The van der Waals surface area contributed by atoms with E-state index in [0.717, 1.165) is 27.9 Å². The van der Waals surface area contributed by atoms with E-state index in [1.54, 1.807) is 10.6 Å². The van der Waals surface area contributed by atoms with Crippen LogP contribution in [0.15, 0.2) is 47.5 Å². The summed E-state index contributed by atoms with van der Waals surface area (Å²) in [6.45, 7) is 2.02. The number of nitrogens with zero attached hydrogens (tertiary/aromatic N) is 4. The maximum atomic E-state index is 11.6. The number of aryl methyl sites for hydroxylation is 1. The highest BCUT2D eigenvalue weighted by Crippen LogP contribution is 2.30. The number of methoxy groups -OCH3 is 1. The van der Waals surface area contributed by atoms with Gasteiger partial charge in [0.1, 0.15) is 12.0 Å². The molecule has 0 radical (unpaired) electrons.